The van der Waals surface area contributed by atoms with Crippen molar-refractivity contribution in [3.05, 3.63) is 340 Å². The van der Waals surface area contributed by atoms with E-state index in [1.165, 1.54) is 88.0 Å². The Labute approximate surface area is 425 Å². The second kappa shape index (κ2) is 25.3. The van der Waals surface area contributed by atoms with Gasteiger partial charge in [-0.1, -0.05) is 334 Å². The number of fused-ring (bicyclic) bond motifs is 3. The lowest BCUT2D eigenvalue weighted by Gasteiger charge is -2.06. The first-order valence-corrected chi connectivity index (χ1v) is 24.6. The molecule has 0 aliphatic carbocycles. The van der Waals surface area contributed by atoms with Crippen molar-refractivity contribution in [3.8, 4) is 55.6 Å². The maximum atomic E-state index is 2.24. The van der Waals surface area contributed by atoms with Crippen LogP contribution in [0, 0.1) is 0 Å². The molecular weight excluding hydrogens is 865 g/mol. The monoisotopic (exact) mass is 920 g/mol. The van der Waals surface area contributed by atoms with E-state index in [0.29, 0.717) is 0 Å². The van der Waals surface area contributed by atoms with Crippen LogP contribution in [0.1, 0.15) is 0 Å². The Bertz CT molecular complexity index is 3350. The maximum Gasteiger partial charge on any atom is -0.0105 e. The van der Waals surface area contributed by atoms with Crippen molar-refractivity contribution in [1.29, 1.82) is 0 Å². The van der Waals surface area contributed by atoms with Crippen molar-refractivity contribution in [1.82, 2.24) is 0 Å². The first-order valence-electron chi connectivity index (χ1n) is 24.6. The van der Waals surface area contributed by atoms with E-state index in [2.05, 4.69) is 309 Å². The molecule has 0 nitrogen and oxygen atoms in total. The summed E-state index contributed by atoms with van der Waals surface area (Å²) in [7, 11) is 0. The minimum absolute atomic E-state index is 1.27. The third-order valence-corrected chi connectivity index (χ3v) is 12.4. The molecule has 0 unspecified atom stereocenters. The van der Waals surface area contributed by atoms with Crippen LogP contribution in [-0.4, -0.2) is 0 Å². The molecule has 0 aromatic heterocycles. The third-order valence-electron chi connectivity index (χ3n) is 12.4. The topological polar surface area (TPSA) is 0 Å². The fourth-order valence-electron chi connectivity index (χ4n) is 8.71. The van der Waals surface area contributed by atoms with Crippen LogP contribution in [0.2, 0.25) is 0 Å². The average Bonchev–Trinajstić information content (AvgIpc) is 3.49. The van der Waals surface area contributed by atoms with Crippen LogP contribution in [0.15, 0.2) is 340 Å². The predicted molar refractivity (Wildman–Crippen MR) is 312 cm³/mol. The Balaban J connectivity index is 0.000000112. The zero-order valence-corrected chi connectivity index (χ0v) is 40.3. The van der Waals surface area contributed by atoms with E-state index in [1.54, 1.807) is 0 Å². The summed E-state index contributed by atoms with van der Waals surface area (Å²) < 4.78 is 0. The lowest BCUT2D eigenvalue weighted by molar-refractivity contribution is 1.62. The van der Waals surface area contributed by atoms with Gasteiger partial charge in [0.25, 0.3) is 0 Å². The van der Waals surface area contributed by atoms with Gasteiger partial charge in [-0.05, 0) is 94.0 Å². The normalized spacial score (nSPS) is 10.2. The van der Waals surface area contributed by atoms with E-state index in [9.17, 15) is 0 Å². The number of benzene rings is 13. The first-order chi connectivity index (χ1) is 35.8. The number of rotatable bonds is 5. The molecule has 344 valence electrons. The van der Waals surface area contributed by atoms with Gasteiger partial charge < -0.3 is 0 Å². The van der Waals surface area contributed by atoms with Crippen LogP contribution >= 0.6 is 0 Å². The molecule has 0 aliphatic rings. The molecule has 0 N–H and O–H groups in total. The minimum Gasteiger partial charge on any atom is -0.0622 e. The summed E-state index contributed by atoms with van der Waals surface area (Å²) in [5.41, 5.74) is 12.8. The molecule has 0 atom stereocenters. The third kappa shape index (κ3) is 13.0. The summed E-state index contributed by atoms with van der Waals surface area (Å²) in [6, 6.07) is 118. The van der Waals surface area contributed by atoms with E-state index in [0.717, 1.165) is 0 Å². The molecule has 13 rings (SSSR count). The summed E-state index contributed by atoms with van der Waals surface area (Å²) >= 11 is 0. The highest BCUT2D eigenvalue weighted by Crippen LogP contribution is 2.30. The van der Waals surface area contributed by atoms with E-state index in [4.69, 9.17) is 0 Å². The zero-order valence-electron chi connectivity index (χ0n) is 40.3. The van der Waals surface area contributed by atoms with Gasteiger partial charge in [0.2, 0.25) is 0 Å². The molecular formula is C72H56. The van der Waals surface area contributed by atoms with Gasteiger partial charge in [-0.3, -0.25) is 0 Å². The molecule has 0 amide bonds. The summed E-state index contributed by atoms with van der Waals surface area (Å²) in [5.74, 6) is 0. The smallest absolute Gasteiger partial charge is 0.0105 e. The highest BCUT2D eigenvalue weighted by Gasteiger charge is 2.03. The molecule has 72 heavy (non-hydrogen) atoms. The van der Waals surface area contributed by atoms with Gasteiger partial charge in [0.15, 0.2) is 0 Å². The first kappa shape index (κ1) is 47.7. The van der Waals surface area contributed by atoms with Crippen LogP contribution in [0.25, 0.3) is 88.0 Å². The van der Waals surface area contributed by atoms with Crippen LogP contribution in [0.5, 0.6) is 0 Å². The molecule has 0 spiro atoms. The van der Waals surface area contributed by atoms with Gasteiger partial charge >= 0.3 is 0 Å². The van der Waals surface area contributed by atoms with Gasteiger partial charge in [-0.15, -0.1) is 0 Å². The Morgan fingerprint density at radius 3 is 0.722 bits per heavy atom. The Morgan fingerprint density at radius 2 is 0.375 bits per heavy atom. The average molecular weight is 921 g/mol. The highest BCUT2D eigenvalue weighted by atomic mass is 14.1. The summed E-state index contributed by atoms with van der Waals surface area (Å²) in [6.45, 7) is 0. The molecule has 0 saturated carbocycles. The van der Waals surface area contributed by atoms with Crippen LogP contribution < -0.4 is 0 Å². The number of hydrogen-bond acceptors (Lipinski definition) is 0. The molecule has 0 saturated heterocycles. The summed E-state index contributed by atoms with van der Waals surface area (Å²) in [4.78, 5) is 0. The van der Waals surface area contributed by atoms with Gasteiger partial charge in [-0.2, -0.15) is 0 Å². The van der Waals surface area contributed by atoms with Gasteiger partial charge in [0, 0.05) is 0 Å². The fourth-order valence-corrected chi connectivity index (χ4v) is 8.71. The van der Waals surface area contributed by atoms with Gasteiger partial charge in [-0.25, -0.2) is 0 Å². The summed E-state index contributed by atoms with van der Waals surface area (Å²) in [6.07, 6.45) is 0. The van der Waals surface area contributed by atoms with Gasteiger partial charge in [0.05, 0.1) is 0 Å². The van der Waals surface area contributed by atoms with Crippen molar-refractivity contribution >= 4 is 32.3 Å². The van der Waals surface area contributed by atoms with Crippen LogP contribution in [-0.2, 0) is 0 Å². The largest absolute Gasteiger partial charge is 0.0622 e. The minimum atomic E-state index is 1.27. The van der Waals surface area contributed by atoms with Crippen LogP contribution in [0.4, 0.5) is 0 Å². The quantitative estimate of drug-likeness (QED) is 0.161. The molecule has 0 heterocycles. The molecule has 0 radical (unpaired) electrons. The second-order valence-corrected chi connectivity index (χ2v) is 17.2. The lowest BCUT2D eigenvalue weighted by atomic mass is 9.98. The number of hydrogen-bond donors (Lipinski definition) is 0. The van der Waals surface area contributed by atoms with E-state index < -0.39 is 0 Å². The van der Waals surface area contributed by atoms with Crippen LogP contribution in [0.3, 0.4) is 0 Å². The van der Waals surface area contributed by atoms with E-state index >= 15 is 0 Å². The van der Waals surface area contributed by atoms with Gasteiger partial charge in [0.1, 0.15) is 0 Å². The molecule has 13 aromatic rings. The second-order valence-electron chi connectivity index (χ2n) is 17.2. The Morgan fingerprint density at radius 1 is 0.125 bits per heavy atom. The van der Waals surface area contributed by atoms with Crippen molar-refractivity contribution < 1.29 is 0 Å². The standard InChI is InChI=1S/3C16H12.2C12H10/c2*1-2-7-13(8-3-1)16-12-6-10-14-9-4-5-11-15(14)16;1-2-6-13(7-3-1)16-11-10-14-8-4-5-9-15(14)12-16;2*1-3-7-11(8-4-1)12-9-5-2-6-10-12/h3*1-12H;2*1-10H. The summed E-state index contributed by atoms with van der Waals surface area (Å²) in [5, 5.41) is 7.81. The van der Waals surface area contributed by atoms with Crippen molar-refractivity contribution in [2.24, 2.45) is 0 Å². The Kier molecular flexibility index (Phi) is 16.8. The molecule has 0 fully saturated rings. The predicted octanol–water partition coefficient (Wildman–Crippen LogP) is 20.2. The SMILES string of the molecule is c1ccc(-c2ccc3ccccc3c2)cc1.c1ccc(-c2cccc3ccccc23)cc1.c1ccc(-c2cccc3ccccc23)cc1.c1ccc(-c2ccccc2)cc1.c1ccc(-c2ccccc2)cc1. The van der Waals surface area contributed by atoms with E-state index in [1.807, 2.05) is 30.3 Å². The molecule has 0 heteroatoms. The van der Waals surface area contributed by atoms with Crippen molar-refractivity contribution in [2.45, 2.75) is 0 Å². The molecule has 13 aromatic carbocycles. The van der Waals surface area contributed by atoms with Crippen molar-refractivity contribution in [2.75, 3.05) is 0 Å². The van der Waals surface area contributed by atoms with Crippen molar-refractivity contribution in [3.63, 3.8) is 0 Å². The fraction of sp³-hybridized carbons (Fsp3) is 0. The zero-order chi connectivity index (χ0) is 48.8. The maximum absolute atomic E-state index is 2.24. The molecule has 0 bridgehead atoms. The molecule has 0 aliphatic heterocycles. The lowest BCUT2D eigenvalue weighted by Crippen LogP contribution is -1.79. The Hall–Kier alpha value is -9.36. The highest BCUT2D eigenvalue weighted by molar-refractivity contribution is 5.97. The van der Waals surface area contributed by atoms with E-state index in [-0.39, 0.29) is 0 Å².